The predicted molar refractivity (Wildman–Crippen MR) is 67.2 cm³/mol. The molecule has 0 aliphatic heterocycles. The van der Waals surface area contributed by atoms with Crippen LogP contribution >= 0.6 is 0 Å². The van der Waals surface area contributed by atoms with Gasteiger partial charge in [0.25, 0.3) is 0 Å². The molecule has 1 unspecified atom stereocenters. The Kier molecular flexibility index (Phi) is 3.52. The second-order valence-electron chi connectivity index (χ2n) is 3.85. The fourth-order valence-corrected chi connectivity index (χ4v) is 1.58. The molecular weight excluding hydrogens is 230 g/mol. The number of carboxylic acids is 1. The van der Waals surface area contributed by atoms with Crippen molar-refractivity contribution in [1.29, 1.82) is 0 Å². The molecular formula is C13H13N3O2. The van der Waals surface area contributed by atoms with Crippen molar-refractivity contribution < 1.29 is 9.90 Å². The van der Waals surface area contributed by atoms with Crippen molar-refractivity contribution >= 4 is 11.9 Å². The summed E-state index contributed by atoms with van der Waals surface area (Å²) in [6.45, 7) is 1.82. The van der Waals surface area contributed by atoms with Crippen LogP contribution < -0.4 is 5.32 Å². The van der Waals surface area contributed by atoms with E-state index in [1.807, 2.05) is 13.0 Å². The average molecular weight is 243 g/mol. The summed E-state index contributed by atoms with van der Waals surface area (Å²) in [7, 11) is 0. The van der Waals surface area contributed by atoms with E-state index in [1.165, 1.54) is 0 Å². The molecule has 2 rings (SSSR count). The number of aromatic nitrogens is 2. The van der Waals surface area contributed by atoms with E-state index < -0.39 is 12.0 Å². The summed E-state index contributed by atoms with van der Waals surface area (Å²) in [6.07, 6.45) is 1.59. The number of carboxylic acid groups (broad SMARTS) is 1. The molecule has 18 heavy (non-hydrogen) atoms. The summed E-state index contributed by atoms with van der Waals surface area (Å²) in [5.41, 5.74) is 1.44. The van der Waals surface area contributed by atoms with Crippen LogP contribution in [0.1, 0.15) is 17.3 Å². The fraction of sp³-hybridized carbons (Fsp3) is 0.154. The van der Waals surface area contributed by atoms with E-state index >= 15 is 0 Å². The van der Waals surface area contributed by atoms with Gasteiger partial charge in [-0.05, 0) is 18.6 Å². The van der Waals surface area contributed by atoms with Gasteiger partial charge in [0.05, 0.1) is 0 Å². The molecule has 0 aliphatic rings. The standard InChI is InChI=1S/C13H13N3O2/c1-9-7-8-14-13(15-9)16-11(12(17)18)10-5-3-2-4-6-10/h2-8,11H,1H3,(H,17,18)(H,14,15,16). The minimum Gasteiger partial charge on any atom is -0.479 e. The van der Waals surface area contributed by atoms with E-state index in [-0.39, 0.29) is 0 Å². The van der Waals surface area contributed by atoms with Gasteiger partial charge >= 0.3 is 5.97 Å². The van der Waals surface area contributed by atoms with Crippen LogP contribution in [0.25, 0.3) is 0 Å². The van der Waals surface area contributed by atoms with Crippen LogP contribution in [0, 0.1) is 6.92 Å². The van der Waals surface area contributed by atoms with Crippen LogP contribution in [0.15, 0.2) is 42.6 Å². The number of aliphatic carboxylic acids is 1. The Morgan fingerprint density at radius 3 is 2.61 bits per heavy atom. The third kappa shape index (κ3) is 2.82. The first-order chi connectivity index (χ1) is 8.66. The van der Waals surface area contributed by atoms with Gasteiger partial charge in [0.15, 0.2) is 6.04 Å². The van der Waals surface area contributed by atoms with Crippen molar-refractivity contribution in [1.82, 2.24) is 9.97 Å². The maximum Gasteiger partial charge on any atom is 0.330 e. The average Bonchev–Trinajstić information content (AvgIpc) is 2.37. The molecule has 5 heteroatoms. The van der Waals surface area contributed by atoms with E-state index in [2.05, 4.69) is 15.3 Å². The lowest BCUT2D eigenvalue weighted by molar-refractivity contribution is -0.138. The van der Waals surface area contributed by atoms with E-state index in [4.69, 9.17) is 0 Å². The van der Waals surface area contributed by atoms with Gasteiger partial charge in [0.2, 0.25) is 5.95 Å². The molecule has 5 nitrogen and oxygen atoms in total. The topological polar surface area (TPSA) is 75.1 Å². The molecule has 0 fully saturated rings. The van der Waals surface area contributed by atoms with Gasteiger partial charge in [0, 0.05) is 11.9 Å². The number of hydrogen-bond donors (Lipinski definition) is 2. The zero-order valence-corrected chi connectivity index (χ0v) is 9.87. The van der Waals surface area contributed by atoms with Gasteiger partial charge < -0.3 is 10.4 Å². The second-order valence-corrected chi connectivity index (χ2v) is 3.85. The molecule has 1 atom stereocenters. The summed E-state index contributed by atoms with van der Waals surface area (Å²) in [5, 5.41) is 12.1. The molecule has 0 saturated heterocycles. The molecule has 0 bridgehead atoms. The SMILES string of the molecule is Cc1ccnc(NC(C(=O)O)c2ccccc2)n1. The normalized spacial score (nSPS) is 11.8. The Morgan fingerprint density at radius 2 is 2.00 bits per heavy atom. The van der Waals surface area contributed by atoms with E-state index in [9.17, 15) is 9.90 Å². The zero-order valence-electron chi connectivity index (χ0n) is 9.87. The highest BCUT2D eigenvalue weighted by Crippen LogP contribution is 2.17. The number of hydrogen-bond acceptors (Lipinski definition) is 4. The summed E-state index contributed by atoms with van der Waals surface area (Å²) < 4.78 is 0. The van der Waals surface area contributed by atoms with Crippen molar-refractivity contribution in [3.05, 3.63) is 53.9 Å². The van der Waals surface area contributed by atoms with Crippen LogP contribution in [-0.4, -0.2) is 21.0 Å². The van der Waals surface area contributed by atoms with Gasteiger partial charge in [-0.1, -0.05) is 30.3 Å². The van der Waals surface area contributed by atoms with Crippen molar-refractivity contribution in [2.75, 3.05) is 5.32 Å². The molecule has 1 aromatic heterocycles. The Morgan fingerprint density at radius 1 is 1.28 bits per heavy atom. The predicted octanol–water partition coefficient (Wildman–Crippen LogP) is 2.02. The smallest absolute Gasteiger partial charge is 0.330 e. The summed E-state index contributed by atoms with van der Waals surface area (Å²) in [5.74, 6) is -0.655. The molecule has 0 aliphatic carbocycles. The molecule has 1 aromatic carbocycles. The summed E-state index contributed by atoms with van der Waals surface area (Å²) in [4.78, 5) is 19.4. The molecule has 0 amide bonds. The number of aryl methyl sites for hydroxylation is 1. The Bertz CT molecular complexity index is 543. The fourth-order valence-electron chi connectivity index (χ4n) is 1.58. The number of rotatable bonds is 4. The van der Waals surface area contributed by atoms with Crippen LogP contribution in [-0.2, 0) is 4.79 Å². The third-order valence-electron chi connectivity index (χ3n) is 2.45. The van der Waals surface area contributed by atoms with Gasteiger partial charge in [-0.25, -0.2) is 14.8 Å². The number of nitrogens with zero attached hydrogens (tertiary/aromatic N) is 2. The summed E-state index contributed by atoms with van der Waals surface area (Å²) in [6, 6.07) is 9.83. The molecule has 92 valence electrons. The highest BCUT2D eigenvalue weighted by Gasteiger charge is 2.20. The van der Waals surface area contributed by atoms with Crippen LogP contribution in [0.5, 0.6) is 0 Å². The lowest BCUT2D eigenvalue weighted by Gasteiger charge is -2.14. The number of anilines is 1. The second kappa shape index (κ2) is 5.27. The Labute approximate surface area is 105 Å². The van der Waals surface area contributed by atoms with Crippen LogP contribution in [0.3, 0.4) is 0 Å². The largest absolute Gasteiger partial charge is 0.479 e. The van der Waals surface area contributed by atoms with E-state index in [1.54, 1.807) is 36.5 Å². The molecule has 2 aromatic rings. The number of nitrogens with one attached hydrogen (secondary N) is 1. The molecule has 0 radical (unpaired) electrons. The Balaban J connectivity index is 2.25. The van der Waals surface area contributed by atoms with Gasteiger partial charge in [-0.15, -0.1) is 0 Å². The maximum atomic E-state index is 11.3. The minimum atomic E-state index is -0.966. The molecule has 2 N–H and O–H groups in total. The van der Waals surface area contributed by atoms with Crippen molar-refractivity contribution in [3.63, 3.8) is 0 Å². The van der Waals surface area contributed by atoms with Gasteiger partial charge in [-0.3, -0.25) is 0 Å². The van der Waals surface area contributed by atoms with E-state index in [0.717, 1.165) is 5.69 Å². The minimum absolute atomic E-state index is 0.311. The maximum absolute atomic E-state index is 11.3. The number of carbonyl (C=O) groups is 1. The first-order valence-corrected chi connectivity index (χ1v) is 5.51. The van der Waals surface area contributed by atoms with Gasteiger partial charge in [-0.2, -0.15) is 0 Å². The zero-order chi connectivity index (χ0) is 13.0. The highest BCUT2D eigenvalue weighted by molar-refractivity contribution is 5.78. The molecule has 1 heterocycles. The monoisotopic (exact) mass is 243 g/mol. The van der Waals surface area contributed by atoms with Crippen molar-refractivity contribution in [2.24, 2.45) is 0 Å². The Hall–Kier alpha value is -2.43. The molecule has 0 spiro atoms. The van der Waals surface area contributed by atoms with Crippen LogP contribution in [0.2, 0.25) is 0 Å². The van der Waals surface area contributed by atoms with Crippen molar-refractivity contribution in [2.45, 2.75) is 13.0 Å². The first kappa shape index (κ1) is 12.0. The third-order valence-corrected chi connectivity index (χ3v) is 2.45. The highest BCUT2D eigenvalue weighted by atomic mass is 16.4. The van der Waals surface area contributed by atoms with E-state index in [0.29, 0.717) is 11.5 Å². The lowest BCUT2D eigenvalue weighted by atomic mass is 10.1. The van der Waals surface area contributed by atoms with Crippen LogP contribution in [0.4, 0.5) is 5.95 Å². The quantitative estimate of drug-likeness (QED) is 0.859. The molecule has 0 saturated carbocycles. The van der Waals surface area contributed by atoms with Crippen molar-refractivity contribution in [3.8, 4) is 0 Å². The first-order valence-electron chi connectivity index (χ1n) is 5.51. The lowest BCUT2D eigenvalue weighted by Crippen LogP contribution is -2.21. The number of benzene rings is 1. The van der Waals surface area contributed by atoms with Gasteiger partial charge in [0.1, 0.15) is 0 Å². The summed E-state index contributed by atoms with van der Waals surface area (Å²) >= 11 is 0.